The number of anilines is 6. The summed E-state index contributed by atoms with van der Waals surface area (Å²) in [4.78, 5) is 9.87. The van der Waals surface area contributed by atoms with Gasteiger partial charge in [-0.25, -0.2) is 4.98 Å². The number of nitrogens with zero attached hydrogens (tertiary/aromatic N) is 3. The van der Waals surface area contributed by atoms with E-state index in [1.54, 1.807) is 0 Å². The molecule has 0 unspecified atom stereocenters. The van der Waals surface area contributed by atoms with E-state index in [1.165, 1.54) is 0 Å². The predicted octanol–water partition coefficient (Wildman–Crippen LogP) is 15.2. The van der Waals surface area contributed by atoms with E-state index in [1.807, 2.05) is 48.5 Å². The molecule has 11 rings (SSSR count). The minimum Gasteiger partial charge on any atom is -0.454 e. The highest BCUT2D eigenvalue weighted by atomic mass is 16.3. The van der Waals surface area contributed by atoms with Crippen LogP contribution in [0.1, 0.15) is 0 Å². The highest BCUT2D eigenvalue weighted by molar-refractivity contribution is 6.12. The summed E-state index contributed by atoms with van der Waals surface area (Å²) in [6, 6.07) is 73.8. The minimum atomic E-state index is 0.548. The number of hydrogen-bond acceptors (Lipinski definition) is 5. The SMILES string of the molecule is c1ccc(-c2ccc(N(c3cc(N(c4ccccc4)c4cccc5ccccc45)cc4oc(-c5ccccc5)nc34)c3cccc4c3oc3ccccc34)cc2)cc1. The van der Waals surface area contributed by atoms with E-state index in [9.17, 15) is 0 Å². The van der Waals surface area contributed by atoms with Gasteiger partial charge in [0.2, 0.25) is 5.89 Å². The largest absolute Gasteiger partial charge is 0.454 e. The molecule has 5 heteroatoms. The Kier molecular flexibility index (Phi) is 8.07. The van der Waals surface area contributed by atoms with Crippen LogP contribution in [0.25, 0.3) is 66.4 Å². The van der Waals surface area contributed by atoms with Gasteiger partial charge >= 0.3 is 0 Å². The van der Waals surface area contributed by atoms with E-state index in [2.05, 4.69) is 174 Å². The van der Waals surface area contributed by atoms with E-state index in [-0.39, 0.29) is 0 Å². The molecular weight excluding hydrogens is 711 g/mol. The first-order valence-corrected chi connectivity index (χ1v) is 19.5. The zero-order valence-corrected chi connectivity index (χ0v) is 31.4. The second-order valence-electron chi connectivity index (χ2n) is 14.4. The Morgan fingerprint density at radius 3 is 1.72 bits per heavy atom. The molecule has 0 aliphatic carbocycles. The molecule has 58 heavy (non-hydrogen) atoms. The minimum absolute atomic E-state index is 0.548. The topological polar surface area (TPSA) is 45.7 Å². The van der Waals surface area contributed by atoms with Crippen LogP contribution in [-0.2, 0) is 0 Å². The monoisotopic (exact) mass is 745 g/mol. The fourth-order valence-electron chi connectivity index (χ4n) is 8.16. The second-order valence-corrected chi connectivity index (χ2v) is 14.4. The molecule has 0 saturated carbocycles. The van der Waals surface area contributed by atoms with Gasteiger partial charge in [-0.2, -0.15) is 0 Å². The standard InChI is InChI=1S/C53H35N3O2/c1-4-16-36(17-5-1)37-30-32-41(33-31-37)56(47-28-15-26-45-44-25-12-13-29-49(44)57-52(45)47)48-34-42(35-50-51(48)54-53(58-50)39-19-6-2-7-20-39)55(40-22-8-3-9-23-40)46-27-14-21-38-18-10-11-24-43(38)46/h1-35H. The van der Waals surface area contributed by atoms with Crippen LogP contribution in [-0.4, -0.2) is 4.98 Å². The maximum absolute atomic E-state index is 6.79. The first kappa shape index (κ1) is 33.4. The molecule has 0 saturated heterocycles. The lowest BCUT2D eigenvalue weighted by Gasteiger charge is -2.30. The summed E-state index contributed by atoms with van der Waals surface area (Å²) < 4.78 is 13.5. The Balaban J connectivity index is 1.22. The predicted molar refractivity (Wildman–Crippen MR) is 239 cm³/mol. The summed E-state index contributed by atoms with van der Waals surface area (Å²) in [7, 11) is 0. The molecule has 0 atom stereocenters. The number of furan rings is 1. The van der Waals surface area contributed by atoms with Crippen molar-refractivity contribution in [2.75, 3.05) is 9.80 Å². The molecule has 0 aliphatic heterocycles. The lowest BCUT2D eigenvalue weighted by molar-refractivity contribution is 0.620. The Hall–Kier alpha value is -7.89. The van der Waals surface area contributed by atoms with Crippen molar-refractivity contribution in [3.8, 4) is 22.6 Å². The van der Waals surface area contributed by atoms with Gasteiger partial charge in [-0.05, 0) is 77.2 Å². The Morgan fingerprint density at radius 1 is 0.345 bits per heavy atom. The van der Waals surface area contributed by atoms with E-state index in [4.69, 9.17) is 13.8 Å². The summed E-state index contributed by atoms with van der Waals surface area (Å²) in [5, 5.41) is 4.40. The maximum Gasteiger partial charge on any atom is 0.227 e. The van der Waals surface area contributed by atoms with Crippen molar-refractivity contribution in [2.24, 2.45) is 0 Å². The van der Waals surface area contributed by atoms with Gasteiger partial charge in [-0.15, -0.1) is 0 Å². The van der Waals surface area contributed by atoms with Crippen LogP contribution < -0.4 is 9.80 Å². The molecule has 5 nitrogen and oxygen atoms in total. The van der Waals surface area contributed by atoms with Crippen molar-refractivity contribution < 1.29 is 8.83 Å². The van der Waals surface area contributed by atoms with Gasteiger partial charge in [-0.1, -0.05) is 146 Å². The quantitative estimate of drug-likeness (QED) is 0.155. The van der Waals surface area contributed by atoms with Crippen molar-refractivity contribution in [3.63, 3.8) is 0 Å². The van der Waals surface area contributed by atoms with Crippen LogP contribution in [0.5, 0.6) is 0 Å². The van der Waals surface area contributed by atoms with E-state index in [0.29, 0.717) is 11.5 Å². The van der Waals surface area contributed by atoms with Crippen LogP contribution >= 0.6 is 0 Å². The average Bonchev–Trinajstić information content (AvgIpc) is 3.91. The van der Waals surface area contributed by atoms with Gasteiger partial charge in [0.15, 0.2) is 11.2 Å². The van der Waals surface area contributed by atoms with E-state index < -0.39 is 0 Å². The highest BCUT2D eigenvalue weighted by Gasteiger charge is 2.26. The van der Waals surface area contributed by atoms with Gasteiger partial charge < -0.3 is 18.6 Å². The second kappa shape index (κ2) is 14.0. The van der Waals surface area contributed by atoms with E-state index >= 15 is 0 Å². The summed E-state index contributed by atoms with van der Waals surface area (Å²) >= 11 is 0. The van der Waals surface area contributed by atoms with Crippen molar-refractivity contribution in [1.29, 1.82) is 0 Å². The molecule has 0 bridgehead atoms. The lowest BCUT2D eigenvalue weighted by atomic mass is 10.0. The van der Waals surface area contributed by atoms with Crippen LogP contribution in [0.2, 0.25) is 0 Å². The third kappa shape index (κ3) is 5.76. The Bertz CT molecular complexity index is 3220. The average molecular weight is 746 g/mol. The fourth-order valence-corrected chi connectivity index (χ4v) is 8.16. The van der Waals surface area contributed by atoms with Crippen molar-refractivity contribution in [3.05, 3.63) is 212 Å². The van der Waals surface area contributed by atoms with E-state index in [0.717, 1.165) is 89.0 Å². The van der Waals surface area contributed by atoms with Gasteiger partial charge in [0.25, 0.3) is 0 Å². The van der Waals surface area contributed by atoms with Crippen LogP contribution in [0.4, 0.5) is 34.1 Å². The number of fused-ring (bicyclic) bond motifs is 5. The number of hydrogen-bond donors (Lipinski definition) is 0. The first-order valence-electron chi connectivity index (χ1n) is 19.5. The molecule has 274 valence electrons. The first-order chi connectivity index (χ1) is 28.8. The molecule has 2 aromatic heterocycles. The summed E-state index contributed by atoms with van der Waals surface area (Å²) in [5.41, 5.74) is 11.9. The van der Waals surface area contributed by atoms with Crippen molar-refractivity contribution in [2.45, 2.75) is 0 Å². The van der Waals surface area contributed by atoms with Crippen molar-refractivity contribution >= 4 is 77.9 Å². The normalized spacial score (nSPS) is 11.4. The smallest absolute Gasteiger partial charge is 0.227 e. The van der Waals surface area contributed by atoms with Gasteiger partial charge in [0.1, 0.15) is 11.1 Å². The number of rotatable bonds is 8. The maximum atomic E-state index is 6.79. The Labute approximate surface area is 335 Å². The molecule has 0 N–H and O–H groups in total. The molecule has 0 amide bonds. The number of aromatic nitrogens is 1. The Morgan fingerprint density at radius 2 is 0.931 bits per heavy atom. The highest BCUT2D eigenvalue weighted by Crippen LogP contribution is 2.48. The van der Waals surface area contributed by atoms with Gasteiger partial charge in [-0.3, -0.25) is 0 Å². The molecule has 0 spiro atoms. The molecule has 11 aromatic rings. The molecular formula is C53H35N3O2. The van der Waals surface area contributed by atoms with Crippen LogP contribution in [0.15, 0.2) is 221 Å². The number of oxazole rings is 1. The van der Waals surface area contributed by atoms with Crippen LogP contribution in [0.3, 0.4) is 0 Å². The summed E-state index contributed by atoms with van der Waals surface area (Å²) in [6.45, 7) is 0. The zero-order valence-electron chi connectivity index (χ0n) is 31.4. The molecule has 0 fully saturated rings. The van der Waals surface area contributed by atoms with Gasteiger partial charge in [0.05, 0.1) is 22.7 Å². The fraction of sp³-hybridized carbons (Fsp3) is 0. The summed E-state index contributed by atoms with van der Waals surface area (Å²) in [6.07, 6.45) is 0. The molecule has 2 heterocycles. The molecule has 9 aromatic carbocycles. The third-order valence-electron chi connectivity index (χ3n) is 10.9. The molecule has 0 aliphatic rings. The molecule has 0 radical (unpaired) electrons. The number of benzene rings is 9. The third-order valence-corrected chi connectivity index (χ3v) is 10.9. The van der Waals surface area contributed by atoms with Crippen molar-refractivity contribution in [1.82, 2.24) is 4.98 Å². The van der Waals surface area contributed by atoms with Gasteiger partial charge in [0, 0.05) is 39.2 Å². The summed E-state index contributed by atoms with van der Waals surface area (Å²) in [5.74, 6) is 0.548. The lowest BCUT2D eigenvalue weighted by Crippen LogP contribution is -2.14. The zero-order chi connectivity index (χ0) is 38.4. The number of para-hydroxylation sites is 3. The van der Waals surface area contributed by atoms with Crippen LogP contribution in [0, 0.1) is 0 Å².